The number of carbonyl (C=O) groups excluding carboxylic acids is 1. The van der Waals surface area contributed by atoms with Gasteiger partial charge in [-0.1, -0.05) is 13.8 Å². The zero-order chi connectivity index (χ0) is 24.5. The van der Waals surface area contributed by atoms with Crippen molar-refractivity contribution in [1.82, 2.24) is 9.88 Å². The molecular weight excluding hydrogens is 428 g/mol. The molecule has 0 unspecified atom stereocenters. The number of hydrogen-bond donors (Lipinski definition) is 2. The van der Waals surface area contributed by atoms with E-state index in [1.165, 1.54) is 0 Å². The highest BCUT2D eigenvalue weighted by molar-refractivity contribution is 6.01. The van der Waals surface area contributed by atoms with Gasteiger partial charge in [-0.3, -0.25) is 4.79 Å². The van der Waals surface area contributed by atoms with Crippen LogP contribution in [0.1, 0.15) is 61.9 Å². The number of benzene rings is 1. The zero-order valence-electron chi connectivity index (χ0n) is 20.7. The lowest BCUT2D eigenvalue weighted by Gasteiger charge is -2.35. The largest absolute Gasteiger partial charge is 0.478 e. The average Bonchev–Trinajstić information content (AvgIpc) is 3.65. The molecule has 1 saturated heterocycles. The summed E-state index contributed by atoms with van der Waals surface area (Å²) >= 11 is 0. The second-order valence-electron chi connectivity index (χ2n) is 9.88. The second kappa shape index (κ2) is 9.74. The number of carbonyl (C=O) groups is 2. The van der Waals surface area contributed by atoms with E-state index in [1.807, 2.05) is 32.0 Å². The number of carboxylic acid groups (broad SMARTS) is 1. The van der Waals surface area contributed by atoms with Crippen molar-refractivity contribution in [2.45, 2.75) is 58.4 Å². The molecule has 7 nitrogen and oxygen atoms in total. The maximum Gasteiger partial charge on any atom is 0.336 e. The minimum atomic E-state index is -0.987. The van der Waals surface area contributed by atoms with Crippen molar-refractivity contribution in [3.63, 3.8) is 0 Å². The highest BCUT2D eigenvalue weighted by Gasteiger charge is 2.48. The summed E-state index contributed by atoms with van der Waals surface area (Å²) in [5.41, 5.74) is 2.77. The van der Waals surface area contributed by atoms with Crippen molar-refractivity contribution in [1.29, 1.82) is 0 Å². The first-order chi connectivity index (χ1) is 16.3. The molecule has 2 aliphatic rings. The van der Waals surface area contributed by atoms with Gasteiger partial charge in [0.15, 0.2) is 0 Å². The predicted octanol–water partition coefficient (Wildman–Crippen LogP) is 4.67. The third kappa shape index (κ3) is 4.80. The summed E-state index contributed by atoms with van der Waals surface area (Å²) < 4.78 is 0. The van der Waals surface area contributed by atoms with Crippen LogP contribution in [0, 0.1) is 5.41 Å². The fraction of sp³-hybridized carbons (Fsp3) is 0.519. The zero-order valence-corrected chi connectivity index (χ0v) is 20.7. The topological polar surface area (TPSA) is 85.8 Å². The molecule has 1 aliphatic heterocycles. The molecule has 1 saturated carbocycles. The number of anilines is 2. The number of rotatable bonds is 8. The number of piperidine rings is 1. The Morgan fingerprint density at radius 1 is 1.15 bits per heavy atom. The number of amides is 1. The van der Waals surface area contributed by atoms with E-state index in [0.717, 1.165) is 62.1 Å². The first kappa shape index (κ1) is 24.2. The van der Waals surface area contributed by atoms with Crippen LogP contribution >= 0.6 is 0 Å². The third-order valence-corrected chi connectivity index (χ3v) is 7.69. The number of carboxylic acids is 1. The Hall–Kier alpha value is -2.93. The molecule has 1 aromatic carbocycles. The Bertz CT molecular complexity index is 1050. The fourth-order valence-corrected chi connectivity index (χ4v) is 5.02. The molecule has 0 spiro atoms. The van der Waals surface area contributed by atoms with E-state index in [0.29, 0.717) is 23.7 Å². The van der Waals surface area contributed by atoms with Gasteiger partial charge in [-0.25, -0.2) is 9.78 Å². The highest BCUT2D eigenvalue weighted by atomic mass is 16.4. The number of aromatic carboxylic acids is 1. The molecule has 182 valence electrons. The molecule has 2 aromatic rings. The lowest BCUT2D eigenvalue weighted by Crippen LogP contribution is -2.42. The van der Waals surface area contributed by atoms with Crippen molar-refractivity contribution in [2.24, 2.45) is 5.41 Å². The van der Waals surface area contributed by atoms with Crippen LogP contribution in [0.15, 0.2) is 30.5 Å². The van der Waals surface area contributed by atoms with Gasteiger partial charge in [0.1, 0.15) is 5.82 Å². The molecule has 0 atom stereocenters. The van der Waals surface area contributed by atoms with E-state index in [4.69, 9.17) is 4.98 Å². The Balaban J connectivity index is 1.60. The molecule has 1 aliphatic carbocycles. The van der Waals surface area contributed by atoms with Crippen molar-refractivity contribution >= 4 is 23.4 Å². The van der Waals surface area contributed by atoms with Crippen LogP contribution in [-0.4, -0.2) is 60.1 Å². The lowest BCUT2D eigenvalue weighted by atomic mass is 9.95. The van der Waals surface area contributed by atoms with Crippen LogP contribution in [0.25, 0.3) is 11.1 Å². The van der Waals surface area contributed by atoms with Gasteiger partial charge in [0, 0.05) is 42.0 Å². The fourth-order valence-electron chi connectivity index (χ4n) is 5.02. The smallest absolute Gasteiger partial charge is 0.336 e. The molecule has 0 bridgehead atoms. The first-order valence-corrected chi connectivity index (χ1v) is 12.4. The minimum Gasteiger partial charge on any atom is -0.478 e. The molecule has 1 amide bonds. The first-order valence-electron chi connectivity index (χ1n) is 12.4. The number of nitrogens with one attached hydrogen (secondary N) is 1. The normalized spacial score (nSPS) is 17.6. The van der Waals surface area contributed by atoms with Crippen LogP contribution in [0.3, 0.4) is 0 Å². The van der Waals surface area contributed by atoms with Crippen LogP contribution < -0.4 is 10.2 Å². The van der Waals surface area contributed by atoms with E-state index in [-0.39, 0.29) is 16.9 Å². The van der Waals surface area contributed by atoms with Crippen LogP contribution in [0.4, 0.5) is 11.5 Å². The second-order valence-corrected chi connectivity index (χ2v) is 9.88. The highest BCUT2D eigenvalue weighted by Crippen LogP contribution is 2.49. The van der Waals surface area contributed by atoms with E-state index in [1.54, 1.807) is 12.3 Å². The standard InChI is InChI=1S/C27H36N4O3/c1-5-21-22(25(32)33)15-19(16-23(21)29-26(34)27(6-2)11-12-27)18-7-8-24(28-17-18)31-13-9-20(10-14-31)30(3)4/h7-8,15-17,20H,5-6,9-14H2,1-4H3,(H,29,34)(H,32,33). The Kier molecular flexibility index (Phi) is 6.94. The summed E-state index contributed by atoms with van der Waals surface area (Å²) in [5, 5.41) is 12.9. The van der Waals surface area contributed by atoms with E-state index >= 15 is 0 Å². The van der Waals surface area contributed by atoms with Gasteiger partial charge >= 0.3 is 5.97 Å². The molecule has 4 rings (SSSR count). The number of pyridine rings is 1. The lowest BCUT2D eigenvalue weighted by molar-refractivity contribution is -0.121. The van der Waals surface area contributed by atoms with Crippen molar-refractivity contribution in [3.05, 3.63) is 41.6 Å². The summed E-state index contributed by atoms with van der Waals surface area (Å²) in [5.74, 6) is -0.0521. The maximum absolute atomic E-state index is 12.9. The van der Waals surface area contributed by atoms with Crippen LogP contribution in [-0.2, 0) is 11.2 Å². The summed E-state index contributed by atoms with van der Waals surface area (Å²) in [6.45, 7) is 5.89. The van der Waals surface area contributed by atoms with Gasteiger partial charge in [-0.2, -0.15) is 0 Å². The quantitative estimate of drug-likeness (QED) is 0.591. The van der Waals surface area contributed by atoms with Crippen LogP contribution in [0.5, 0.6) is 0 Å². The Morgan fingerprint density at radius 3 is 2.35 bits per heavy atom. The SMILES string of the molecule is CCc1c(NC(=O)C2(CC)CC2)cc(-c2ccc(N3CCC(N(C)C)CC3)nc2)cc1C(=O)O. The molecule has 2 heterocycles. The minimum absolute atomic E-state index is 0.00668. The Labute approximate surface area is 202 Å². The van der Waals surface area contributed by atoms with Gasteiger partial charge in [-0.05, 0) is 88.0 Å². The molecule has 1 aromatic heterocycles. The molecule has 7 heteroatoms. The molecule has 34 heavy (non-hydrogen) atoms. The van der Waals surface area contributed by atoms with Crippen LogP contribution in [0.2, 0.25) is 0 Å². The number of aromatic nitrogens is 1. The Morgan fingerprint density at radius 2 is 1.85 bits per heavy atom. The predicted molar refractivity (Wildman–Crippen MR) is 136 cm³/mol. The van der Waals surface area contributed by atoms with E-state index in [2.05, 4.69) is 29.2 Å². The van der Waals surface area contributed by atoms with E-state index in [9.17, 15) is 14.7 Å². The summed E-state index contributed by atoms with van der Waals surface area (Å²) in [6.07, 6.45) is 7.12. The van der Waals surface area contributed by atoms with Crippen molar-refractivity contribution in [2.75, 3.05) is 37.4 Å². The van der Waals surface area contributed by atoms with Crippen molar-refractivity contribution < 1.29 is 14.7 Å². The summed E-state index contributed by atoms with van der Waals surface area (Å²) in [7, 11) is 4.26. The van der Waals surface area contributed by atoms with Gasteiger partial charge in [0.25, 0.3) is 0 Å². The molecule has 2 fully saturated rings. The van der Waals surface area contributed by atoms with Gasteiger partial charge in [0.05, 0.1) is 5.56 Å². The third-order valence-electron chi connectivity index (χ3n) is 7.69. The number of hydrogen-bond acceptors (Lipinski definition) is 5. The van der Waals surface area contributed by atoms with Gasteiger partial charge in [-0.15, -0.1) is 0 Å². The summed E-state index contributed by atoms with van der Waals surface area (Å²) in [6, 6.07) is 8.20. The maximum atomic E-state index is 12.9. The molecule has 0 radical (unpaired) electrons. The molecular formula is C27H36N4O3. The number of nitrogens with zero attached hydrogens (tertiary/aromatic N) is 3. The monoisotopic (exact) mass is 464 g/mol. The molecule has 2 N–H and O–H groups in total. The van der Waals surface area contributed by atoms with Gasteiger partial charge in [0.2, 0.25) is 5.91 Å². The van der Waals surface area contributed by atoms with E-state index < -0.39 is 5.97 Å². The van der Waals surface area contributed by atoms with Gasteiger partial charge < -0.3 is 20.2 Å². The summed E-state index contributed by atoms with van der Waals surface area (Å²) in [4.78, 5) is 34.3. The van der Waals surface area contributed by atoms with Crippen molar-refractivity contribution in [3.8, 4) is 11.1 Å². The average molecular weight is 465 g/mol.